The van der Waals surface area contributed by atoms with Gasteiger partial charge in [-0.05, 0) is 17.5 Å². The highest BCUT2D eigenvalue weighted by molar-refractivity contribution is 5.88. The Bertz CT molecular complexity index is 689. The number of ether oxygens (including phenoxy) is 1. The molecule has 0 aromatic heterocycles. The topological polar surface area (TPSA) is 58.6 Å². The molecule has 0 bridgehead atoms. The molecular weight excluding hydrogens is 328 g/mol. The van der Waals surface area contributed by atoms with E-state index in [-0.39, 0.29) is 11.8 Å². The third-order valence-corrected chi connectivity index (χ3v) is 4.10. The zero-order valence-electron chi connectivity index (χ0n) is 15.4. The molecule has 26 heavy (non-hydrogen) atoms. The van der Waals surface area contributed by atoms with Gasteiger partial charge >= 0.3 is 0 Å². The van der Waals surface area contributed by atoms with E-state index in [0.29, 0.717) is 19.7 Å². The first-order valence-corrected chi connectivity index (χ1v) is 8.76. The first kappa shape index (κ1) is 19.7. The number of benzene rings is 2. The van der Waals surface area contributed by atoms with Crippen LogP contribution >= 0.6 is 0 Å². The number of rotatable bonds is 9. The number of nitrogens with zero attached hydrogens (tertiary/aromatic N) is 1. The van der Waals surface area contributed by atoms with Crippen molar-refractivity contribution >= 4 is 11.8 Å². The third-order valence-electron chi connectivity index (χ3n) is 4.10. The maximum atomic E-state index is 12.9. The Hall–Kier alpha value is -2.66. The maximum absolute atomic E-state index is 12.9. The summed E-state index contributed by atoms with van der Waals surface area (Å²) in [5.74, 6) is -0.326. The molecule has 0 aliphatic carbocycles. The fraction of sp³-hybridized carbons (Fsp3) is 0.333. The van der Waals surface area contributed by atoms with Crippen LogP contribution in [0.4, 0.5) is 0 Å². The number of carbonyl (C=O) groups is 2. The number of hydrogen-bond acceptors (Lipinski definition) is 3. The molecule has 0 spiro atoms. The molecular formula is C21H26N2O3. The summed E-state index contributed by atoms with van der Waals surface area (Å²) in [5.41, 5.74) is 1.78. The van der Waals surface area contributed by atoms with Crippen LogP contribution in [0.25, 0.3) is 0 Å². The Morgan fingerprint density at radius 2 is 1.65 bits per heavy atom. The highest BCUT2D eigenvalue weighted by atomic mass is 16.5. The van der Waals surface area contributed by atoms with Crippen LogP contribution in [0.15, 0.2) is 60.7 Å². The summed E-state index contributed by atoms with van der Waals surface area (Å²) in [4.78, 5) is 26.9. The third kappa shape index (κ3) is 5.70. The number of methoxy groups -OCH3 is 1. The predicted octanol–water partition coefficient (Wildman–Crippen LogP) is 2.93. The Morgan fingerprint density at radius 1 is 1.04 bits per heavy atom. The van der Waals surface area contributed by atoms with Crippen molar-refractivity contribution in [2.45, 2.75) is 25.9 Å². The lowest BCUT2D eigenvalue weighted by Gasteiger charge is -2.30. The van der Waals surface area contributed by atoms with Crippen molar-refractivity contribution in [2.75, 3.05) is 20.3 Å². The number of carbonyl (C=O) groups excluding carboxylic acids is 2. The zero-order chi connectivity index (χ0) is 18.8. The van der Waals surface area contributed by atoms with Crippen LogP contribution < -0.4 is 5.32 Å². The fourth-order valence-electron chi connectivity index (χ4n) is 2.80. The van der Waals surface area contributed by atoms with Gasteiger partial charge < -0.3 is 15.0 Å². The van der Waals surface area contributed by atoms with E-state index in [1.807, 2.05) is 60.7 Å². The number of amides is 2. The van der Waals surface area contributed by atoms with Crippen molar-refractivity contribution in [1.29, 1.82) is 0 Å². The van der Waals surface area contributed by atoms with Gasteiger partial charge in [0.2, 0.25) is 11.8 Å². The SMILES string of the molecule is COCCCNC(=O)[C@@H](c1ccccc1)N(Cc1ccccc1)C(C)=O. The van der Waals surface area contributed by atoms with E-state index in [2.05, 4.69) is 5.32 Å². The molecule has 5 nitrogen and oxygen atoms in total. The summed E-state index contributed by atoms with van der Waals surface area (Å²) in [5, 5.41) is 2.92. The average molecular weight is 354 g/mol. The van der Waals surface area contributed by atoms with Gasteiger partial charge in [0.15, 0.2) is 0 Å². The van der Waals surface area contributed by atoms with Gasteiger partial charge in [-0.3, -0.25) is 9.59 Å². The first-order valence-electron chi connectivity index (χ1n) is 8.76. The van der Waals surface area contributed by atoms with E-state index in [1.165, 1.54) is 6.92 Å². The lowest BCUT2D eigenvalue weighted by atomic mass is 10.0. The van der Waals surface area contributed by atoms with Crippen molar-refractivity contribution in [1.82, 2.24) is 10.2 Å². The van der Waals surface area contributed by atoms with Crippen LogP contribution in [0.2, 0.25) is 0 Å². The lowest BCUT2D eigenvalue weighted by Crippen LogP contribution is -2.43. The summed E-state index contributed by atoms with van der Waals surface area (Å²) in [7, 11) is 1.63. The molecule has 0 saturated heterocycles. The van der Waals surface area contributed by atoms with E-state index in [0.717, 1.165) is 17.5 Å². The molecule has 0 aliphatic heterocycles. The van der Waals surface area contributed by atoms with E-state index >= 15 is 0 Å². The molecule has 0 aliphatic rings. The van der Waals surface area contributed by atoms with Gasteiger partial charge in [-0.1, -0.05) is 60.7 Å². The van der Waals surface area contributed by atoms with E-state index in [9.17, 15) is 9.59 Å². The van der Waals surface area contributed by atoms with Gasteiger partial charge in [0.1, 0.15) is 6.04 Å². The minimum atomic E-state index is -0.670. The Kier molecular flexibility index (Phi) is 7.83. The Balaban J connectivity index is 2.24. The van der Waals surface area contributed by atoms with Crippen LogP contribution in [0.3, 0.4) is 0 Å². The number of nitrogens with one attached hydrogen (secondary N) is 1. The molecule has 0 fully saturated rings. The van der Waals surface area contributed by atoms with Crippen molar-refractivity contribution in [2.24, 2.45) is 0 Å². The molecule has 0 radical (unpaired) electrons. The molecule has 5 heteroatoms. The lowest BCUT2D eigenvalue weighted by molar-refractivity contribution is -0.140. The Morgan fingerprint density at radius 3 is 2.23 bits per heavy atom. The summed E-state index contributed by atoms with van der Waals surface area (Å²) in [6.07, 6.45) is 0.725. The fourth-order valence-corrected chi connectivity index (χ4v) is 2.80. The van der Waals surface area contributed by atoms with Gasteiger partial charge in [-0.2, -0.15) is 0 Å². The molecule has 1 N–H and O–H groups in total. The van der Waals surface area contributed by atoms with Crippen molar-refractivity contribution in [3.63, 3.8) is 0 Å². The minimum absolute atomic E-state index is 0.144. The highest BCUT2D eigenvalue weighted by Gasteiger charge is 2.29. The molecule has 0 heterocycles. The normalized spacial score (nSPS) is 11.6. The first-order chi connectivity index (χ1) is 12.6. The summed E-state index contributed by atoms with van der Waals surface area (Å²) >= 11 is 0. The molecule has 0 saturated carbocycles. The summed E-state index contributed by atoms with van der Waals surface area (Å²) in [6.45, 7) is 2.96. The quantitative estimate of drug-likeness (QED) is 0.705. The van der Waals surface area contributed by atoms with Crippen molar-refractivity contribution < 1.29 is 14.3 Å². The average Bonchev–Trinajstić information content (AvgIpc) is 2.66. The monoisotopic (exact) mass is 354 g/mol. The highest BCUT2D eigenvalue weighted by Crippen LogP contribution is 2.23. The molecule has 2 amide bonds. The Labute approximate surface area is 155 Å². The van der Waals surface area contributed by atoms with Gasteiger partial charge in [-0.25, -0.2) is 0 Å². The number of hydrogen-bond donors (Lipinski definition) is 1. The van der Waals surface area contributed by atoms with Gasteiger partial charge in [-0.15, -0.1) is 0 Å². The molecule has 2 aromatic carbocycles. The largest absolute Gasteiger partial charge is 0.385 e. The second-order valence-electron chi connectivity index (χ2n) is 6.08. The molecule has 138 valence electrons. The van der Waals surface area contributed by atoms with Gasteiger partial charge in [0, 0.05) is 33.7 Å². The van der Waals surface area contributed by atoms with E-state index in [4.69, 9.17) is 4.74 Å². The smallest absolute Gasteiger partial charge is 0.247 e. The van der Waals surface area contributed by atoms with Gasteiger partial charge in [0.05, 0.1) is 0 Å². The van der Waals surface area contributed by atoms with Crippen LogP contribution in [0, 0.1) is 0 Å². The standard InChI is InChI=1S/C21H26N2O3/c1-17(24)23(16-18-10-5-3-6-11-18)20(19-12-7-4-8-13-19)21(25)22-14-9-15-26-2/h3-8,10-13,20H,9,14-16H2,1-2H3,(H,22,25)/t20-/m1/s1. The van der Waals surface area contributed by atoms with E-state index < -0.39 is 6.04 Å². The molecule has 1 atom stereocenters. The van der Waals surface area contributed by atoms with Crippen LogP contribution in [-0.2, 0) is 20.9 Å². The predicted molar refractivity (Wildman–Crippen MR) is 101 cm³/mol. The van der Waals surface area contributed by atoms with Gasteiger partial charge in [0.25, 0.3) is 0 Å². The zero-order valence-corrected chi connectivity index (χ0v) is 15.4. The minimum Gasteiger partial charge on any atom is -0.385 e. The molecule has 2 aromatic rings. The van der Waals surface area contributed by atoms with Crippen molar-refractivity contribution in [3.8, 4) is 0 Å². The summed E-state index contributed by atoms with van der Waals surface area (Å²) in [6, 6.07) is 18.4. The molecule has 0 unspecified atom stereocenters. The van der Waals surface area contributed by atoms with Crippen LogP contribution in [0.5, 0.6) is 0 Å². The second kappa shape index (κ2) is 10.4. The summed E-state index contributed by atoms with van der Waals surface area (Å²) < 4.78 is 5.02. The van der Waals surface area contributed by atoms with Crippen molar-refractivity contribution in [3.05, 3.63) is 71.8 Å². The van der Waals surface area contributed by atoms with E-state index in [1.54, 1.807) is 12.0 Å². The maximum Gasteiger partial charge on any atom is 0.247 e. The van der Waals surface area contributed by atoms with Crippen LogP contribution in [0.1, 0.15) is 30.5 Å². The molecule has 2 rings (SSSR count). The van der Waals surface area contributed by atoms with Crippen LogP contribution in [-0.4, -0.2) is 37.0 Å². The second-order valence-corrected chi connectivity index (χ2v) is 6.08.